The van der Waals surface area contributed by atoms with Gasteiger partial charge >= 0.3 is 0 Å². The molecule has 2 aliphatic heterocycles. The fraction of sp³-hybridized carbons (Fsp3) is 0.345. The van der Waals surface area contributed by atoms with Crippen molar-refractivity contribution in [2.45, 2.75) is 45.6 Å². The average molecular weight is 423 g/mol. The molecule has 3 aromatic carbocycles. The molecule has 3 aromatic rings. The number of benzene rings is 3. The number of carbonyl (C=O) groups is 1. The van der Waals surface area contributed by atoms with Gasteiger partial charge in [0.1, 0.15) is 0 Å². The summed E-state index contributed by atoms with van der Waals surface area (Å²) >= 11 is 0. The summed E-state index contributed by atoms with van der Waals surface area (Å²) in [5.74, 6) is 0.288. The Kier molecular flexibility index (Phi) is 4.43. The molecule has 0 spiro atoms. The first kappa shape index (κ1) is 19.6. The molecule has 3 heteroatoms. The van der Waals surface area contributed by atoms with E-state index in [4.69, 9.17) is 0 Å². The van der Waals surface area contributed by atoms with Crippen molar-refractivity contribution in [2.75, 3.05) is 23.3 Å². The second-order valence-electron chi connectivity index (χ2n) is 10.4. The van der Waals surface area contributed by atoms with E-state index in [1.54, 1.807) is 0 Å². The van der Waals surface area contributed by atoms with Crippen LogP contribution in [-0.2, 0) is 4.79 Å². The van der Waals surface area contributed by atoms with Crippen molar-refractivity contribution in [3.63, 3.8) is 0 Å². The van der Waals surface area contributed by atoms with Gasteiger partial charge in [0.2, 0.25) is 0 Å². The summed E-state index contributed by atoms with van der Waals surface area (Å²) in [4.78, 5) is 16.0. The number of ketones is 1. The highest BCUT2D eigenvalue weighted by Gasteiger charge is 2.40. The second kappa shape index (κ2) is 7.23. The number of fused-ring (bicyclic) bond motifs is 4. The minimum Gasteiger partial charge on any atom is -0.373 e. The maximum Gasteiger partial charge on any atom is 0.162 e. The molecule has 162 valence electrons. The average Bonchev–Trinajstić information content (AvgIpc) is 3.32. The van der Waals surface area contributed by atoms with Crippen LogP contribution in [0.25, 0.3) is 16.3 Å². The van der Waals surface area contributed by atoms with Crippen molar-refractivity contribution >= 4 is 33.5 Å². The molecule has 1 aliphatic carbocycles. The highest BCUT2D eigenvalue weighted by molar-refractivity contribution is 6.12. The first-order chi connectivity index (χ1) is 15.5. The molecular weight excluding hydrogens is 392 g/mol. The van der Waals surface area contributed by atoms with Crippen LogP contribution in [0.3, 0.4) is 0 Å². The quantitative estimate of drug-likeness (QED) is 0.496. The molecule has 1 saturated heterocycles. The fourth-order valence-electron chi connectivity index (χ4n) is 5.94. The molecule has 0 aromatic heterocycles. The minimum atomic E-state index is -0.0881. The van der Waals surface area contributed by atoms with Gasteiger partial charge in [-0.2, -0.15) is 0 Å². The highest BCUT2D eigenvalue weighted by Crippen LogP contribution is 2.52. The number of rotatable bonds is 2. The molecule has 32 heavy (non-hydrogen) atoms. The smallest absolute Gasteiger partial charge is 0.162 e. The number of anilines is 2. The maximum absolute atomic E-state index is 13.5. The maximum atomic E-state index is 13.5. The molecule has 0 radical (unpaired) electrons. The van der Waals surface area contributed by atoms with Gasteiger partial charge in [0.05, 0.1) is 6.04 Å². The van der Waals surface area contributed by atoms with Gasteiger partial charge in [-0.05, 0) is 64.8 Å². The number of hydrogen-bond donors (Lipinski definition) is 1. The molecule has 1 N–H and O–H groups in total. The third-order valence-electron chi connectivity index (χ3n) is 7.44. The molecule has 0 bridgehead atoms. The summed E-state index contributed by atoms with van der Waals surface area (Å²) in [6.45, 7) is 6.73. The van der Waals surface area contributed by atoms with Gasteiger partial charge in [-0.3, -0.25) is 4.79 Å². The summed E-state index contributed by atoms with van der Waals surface area (Å²) < 4.78 is 0. The first-order valence-corrected chi connectivity index (χ1v) is 11.9. The van der Waals surface area contributed by atoms with Crippen LogP contribution in [0.1, 0.15) is 56.7 Å². The van der Waals surface area contributed by atoms with Crippen LogP contribution in [0.4, 0.5) is 11.4 Å². The normalized spacial score (nSPS) is 22.0. The molecule has 1 fully saturated rings. The number of allylic oxidation sites excluding steroid dienone is 1. The lowest BCUT2D eigenvalue weighted by Crippen LogP contribution is -2.33. The van der Waals surface area contributed by atoms with Gasteiger partial charge in [-0.15, -0.1) is 0 Å². The van der Waals surface area contributed by atoms with Gasteiger partial charge in [0, 0.05) is 42.0 Å². The Labute approximate surface area is 190 Å². The largest absolute Gasteiger partial charge is 0.373 e. The van der Waals surface area contributed by atoms with Gasteiger partial charge in [0.25, 0.3) is 0 Å². The zero-order valence-corrected chi connectivity index (χ0v) is 18.9. The number of nitrogens with one attached hydrogen (secondary N) is 1. The zero-order valence-electron chi connectivity index (χ0n) is 18.9. The van der Waals surface area contributed by atoms with E-state index in [-0.39, 0.29) is 17.2 Å². The van der Waals surface area contributed by atoms with E-state index in [1.807, 2.05) is 0 Å². The molecular formula is C29H30N2O. The Morgan fingerprint density at radius 1 is 0.906 bits per heavy atom. The lowest BCUT2D eigenvalue weighted by Gasteiger charge is -2.40. The lowest BCUT2D eigenvalue weighted by atomic mass is 9.68. The van der Waals surface area contributed by atoms with Gasteiger partial charge in [-0.25, -0.2) is 0 Å². The van der Waals surface area contributed by atoms with Gasteiger partial charge in [-0.1, -0.05) is 56.3 Å². The highest BCUT2D eigenvalue weighted by atomic mass is 16.1. The summed E-state index contributed by atoms with van der Waals surface area (Å²) in [6.07, 6.45) is 4.09. The second-order valence-corrected chi connectivity index (χ2v) is 10.4. The molecule has 0 unspecified atom stereocenters. The topological polar surface area (TPSA) is 32.3 Å². The van der Waals surface area contributed by atoms with Crippen molar-refractivity contribution in [3.05, 3.63) is 77.4 Å². The molecule has 0 amide bonds. The van der Waals surface area contributed by atoms with Crippen LogP contribution in [-0.4, -0.2) is 18.9 Å². The Morgan fingerprint density at radius 3 is 2.44 bits per heavy atom. The van der Waals surface area contributed by atoms with Crippen molar-refractivity contribution in [3.8, 4) is 0 Å². The van der Waals surface area contributed by atoms with Crippen LogP contribution in [0.2, 0.25) is 0 Å². The van der Waals surface area contributed by atoms with Crippen molar-refractivity contribution in [2.24, 2.45) is 5.41 Å². The zero-order chi connectivity index (χ0) is 21.9. The predicted octanol–water partition coefficient (Wildman–Crippen LogP) is 6.75. The molecule has 1 atom stereocenters. The number of carbonyl (C=O) groups excluding carboxylic acids is 1. The van der Waals surface area contributed by atoms with E-state index in [2.05, 4.69) is 84.7 Å². The van der Waals surface area contributed by atoms with Crippen molar-refractivity contribution in [1.82, 2.24) is 0 Å². The van der Waals surface area contributed by atoms with E-state index >= 15 is 0 Å². The molecule has 3 nitrogen and oxygen atoms in total. The van der Waals surface area contributed by atoms with E-state index in [0.29, 0.717) is 6.42 Å². The van der Waals surface area contributed by atoms with Gasteiger partial charge < -0.3 is 10.2 Å². The molecule has 3 aliphatic rings. The number of Topliss-reactive ketones (excluding diaryl/α,β-unsaturated/α-hetero) is 1. The lowest BCUT2D eigenvalue weighted by molar-refractivity contribution is -0.118. The van der Waals surface area contributed by atoms with Crippen molar-refractivity contribution in [1.29, 1.82) is 0 Å². The van der Waals surface area contributed by atoms with Crippen LogP contribution in [0.15, 0.2) is 66.2 Å². The van der Waals surface area contributed by atoms with Crippen LogP contribution >= 0.6 is 0 Å². The van der Waals surface area contributed by atoms with Gasteiger partial charge in [0.15, 0.2) is 5.78 Å². The van der Waals surface area contributed by atoms with Crippen LogP contribution in [0.5, 0.6) is 0 Å². The van der Waals surface area contributed by atoms with E-state index in [9.17, 15) is 4.79 Å². The summed E-state index contributed by atoms with van der Waals surface area (Å²) in [5, 5.41) is 6.22. The third kappa shape index (κ3) is 3.14. The standard InChI is InChI=1S/C29H30N2O/c1-29(2)17-23-26-22-8-4-3-7-19(22)11-14-24(26)30-28(27(23)25(32)18-29)20-9-12-21(13-10-20)31-15-5-6-16-31/h3-4,7-14,28,30H,5-6,15-18H2,1-2H3/t28-/m1/s1. The van der Waals surface area contributed by atoms with Crippen LogP contribution in [0, 0.1) is 5.41 Å². The number of hydrogen-bond acceptors (Lipinski definition) is 3. The Bertz CT molecular complexity index is 1250. The predicted molar refractivity (Wildman–Crippen MR) is 133 cm³/mol. The van der Waals surface area contributed by atoms with E-state index in [1.165, 1.54) is 46.0 Å². The number of nitrogens with zero attached hydrogens (tertiary/aromatic N) is 1. The first-order valence-electron chi connectivity index (χ1n) is 11.9. The molecule has 2 heterocycles. The Balaban J connectivity index is 1.50. The summed E-state index contributed by atoms with van der Waals surface area (Å²) in [6, 6.07) is 21.7. The Hall–Kier alpha value is -3.07. The summed E-state index contributed by atoms with van der Waals surface area (Å²) in [7, 11) is 0. The third-order valence-corrected chi connectivity index (χ3v) is 7.44. The monoisotopic (exact) mass is 422 g/mol. The summed E-state index contributed by atoms with van der Waals surface area (Å²) in [5.41, 5.74) is 7.02. The van der Waals surface area contributed by atoms with E-state index < -0.39 is 0 Å². The molecule has 6 rings (SSSR count). The SMILES string of the molecule is CC1(C)CC(=O)C2=C(C1)c1c(ccc3ccccc13)N[C@@H]2c1ccc(N2CCCC2)cc1. The fourth-order valence-corrected chi connectivity index (χ4v) is 5.94. The minimum absolute atomic E-state index is 0.0222. The molecule has 0 saturated carbocycles. The van der Waals surface area contributed by atoms with Crippen LogP contribution < -0.4 is 10.2 Å². The van der Waals surface area contributed by atoms with E-state index in [0.717, 1.165) is 30.8 Å². The van der Waals surface area contributed by atoms with Crippen molar-refractivity contribution < 1.29 is 4.79 Å². The Morgan fingerprint density at radius 2 is 1.66 bits per heavy atom.